The van der Waals surface area contributed by atoms with E-state index in [0.717, 1.165) is 11.4 Å². The molecule has 2 rings (SSSR count). The number of carboxylic acid groups (broad SMARTS) is 1. The van der Waals surface area contributed by atoms with Gasteiger partial charge < -0.3 is 14.7 Å². The molecule has 1 aromatic heterocycles. The first-order valence-electron chi connectivity index (χ1n) is 6.53. The molecule has 0 aromatic carbocycles. The summed E-state index contributed by atoms with van der Waals surface area (Å²) in [6, 6.07) is -0.795. The van der Waals surface area contributed by atoms with Crippen molar-refractivity contribution in [1.82, 2.24) is 9.88 Å². The van der Waals surface area contributed by atoms with Crippen LogP contribution in [0, 0.1) is 0 Å². The lowest BCUT2D eigenvalue weighted by molar-refractivity contribution is -0.148. The predicted octanol–water partition coefficient (Wildman–Crippen LogP) is 0.948. The molecular formula is C13H18N2O4S. The first-order valence-corrected chi connectivity index (χ1v) is 7.41. The van der Waals surface area contributed by atoms with E-state index in [-0.39, 0.29) is 18.4 Å². The van der Waals surface area contributed by atoms with E-state index >= 15 is 0 Å². The van der Waals surface area contributed by atoms with Crippen molar-refractivity contribution < 1.29 is 19.4 Å². The average Bonchev–Trinajstić information content (AvgIpc) is 3.04. The largest absolute Gasteiger partial charge is 0.480 e. The zero-order valence-corrected chi connectivity index (χ0v) is 12.4. The van der Waals surface area contributed by atoms with Gasteiger partial charge >= 0.3 is 5.97 Å². The molecule has 1 aliphatic heterocycles. The number of methoxy groups -OCH3 is 1. The van der Waals surface area contributed by atoms with Crippen LogP contribution in [-0.4, -0.2) is 52.7 Å². The Kier molecular flexibility index (Phi) is 4.72. The Hall–Kier alpha value is -1.47. The van der Waals surface area contributed by atoms with Crippen LogP contribution in [0.25, 0.3) is 0 Å². The number of carboxylic acids is 1. The molecule has 7 heteroatoms. The summed E-state index contributed by atoms with van der Waals surface area (Å²) in [4.78, 5) is 29.2. The second-order valence-electron chi connectivity index (χ2n) is 4.76. The summed E-state index contributed by atoms with van der Waals surface area (Å²) in [7, 11) is 1.53. The Morgan fingerprint density at radius 1 is 1.60 bits per heavy atom. The molecule has 0 saturated carbocycles. The fourth-order valence-corrected chi connectivity index (χ4v) is 3.07. The lowest BCUT2D eigenvalue weighted by atomic mass is 10.2. The Morgan fingerprint density at radius 2 is 2.35 bits per heavy atom. The molecule has 1 saturated heterocycles. The number of aryl methyl sites for hydroxylation is 1. The van der Waals surface area contributed by atoms with Gasteiger partial charge in [-0.3, -0.25) is 4.79 Å². The lowest BCUT2D eigenvalue weighted by Gasteiger charge is -2.20. The molecular weight excluding hydrogens is 280 g/mol. The van der Waals surface area contributed by atoms with Gasteiger partial charge in [0.2, 0.25) is 5.91 Å². The van der Waals surface area contributed by atoms with E-state index in [1.54, 1.807) is 0 Å². The average molecular weight is 298 g/mol. The van der Waals surface area contributed by atoms with Crippen LogP contribution in [-0.2, 0) is 27.2 Å². The summed E-state index contributed by atoms with van der Waals surface area (Å²) in [6.07, 6.45) is 1.12. The van der Waals surface area contributed by atoms with Gasteiger partial charge in [-0.1, -0.05) is 6.92 Å². The van der Waals surface area contributed by atoms with E-state index < -0.39 is 12.0 Å². The fourth-order valence-electron chi connectivity index (χ4n) is 2.33. The van der Waals surface area contributed by atoms with Crippen LogP contribution in [0.2, 0.25) is 0 Å². The molecule has 6 nitrogen and oxygen atoms in total. The molecule has 0 radical (unpaired) electrons. The molecule has 0 aliphatic carbocycles. The number of nitrogens with zero attached hydrogens (tertiary/aromatic N) is 2. The number of amides is 1. The van der Waals surface area contributed by atoms with Crippen LogP contribution in [0.15, 0.2) is 5.38 Å². The van der Waals surface area contributed by atoms with Gasteiger partial charge in [0.05, 0.1) is 23.2 Å². The number of aliphatic carboxylic acids is 1. The quantitative estimate of drug-likeness (QED) is 0.875. The van der Waals surface area contributed by atoms with Gasteiger partial charge in [0.25, 0.3) is 0 Å². The number of hydrogen-bond acceptors (Lipinski definition) is 5. The SMILES string of the molecule is CCc1nc(CC(=O)N2CC(OC)CC2C(=O)O)cs1. The Morgan fingerprint density at radius 3 is 2.90 bits per heavy atom. The van der Waals surface area contributed by atoms with Crippen molar-refractivity contribution in [2.24, 2.45) is 0 Å². The normalized spacial score (nSPS) is 22.2. The van der Waals surface area contributed by atoms with Gasteiger partial charge in [-0.05, 0) is 6.42 Å². The topological polar surface area (TPSA) is 79.7 Å². The van der Waals surface area contributed by atoms with E-state index in [0.29, 0.717) is 18.7 Å². The molecule has 20 heavy (non-hydrogen) atoms. The van der Waals surface area contributed by atoms with E-state index in [1.807, 2.05) is 12.3 Å². The van der Waals surface area contributed by atoms with Crippen molar-refractivity contribution in [3.05, 3.63) is 16.1 Å². The van der Waals surface area contributed by atoms with Gasteiger partial charge in [-0.15, -0.1) is 11.3 Å². The van der Waals surface area contributed by atoms with Gasteiger partial charge in [-0.25, -0.2) is 9.78 Å². The number of thiazole rings is 1. The van der Waals surface area contributed by atoms with Crippen LogP contribution in [0.4, 0.5) is 0 Å². The second kappa shape index (κ2) is 6.32. The third-order valence-electron chi connectivity index (χ3n) is 3.44. The lowest BCUT2D eigenvalue weighted by Crippen LogP contribution is -2.41. The monoisotopic (exact) mass is 298 g/mol. The number of ether oxygens (including phenoxy) is 1. The van der Waals surface area contributed by atoms with Crippen molar-refractivity contribution >= 4 is 23.2 Å². The maximum atomic E-state index is 12.3. The number of likely N-dealkylation sites (tertiary alicyclic amines) is 1. The van der Waals surface area contributed by atoms with Gasteiger partial charge in [0.1, 0.15) is 6.04 Å². The van der Waals surface area contributed by atoms with Gasteiger partial charge in [0.15, 0.2) is 0 Å². The minimum atomic E-state index is -0.981. The second-order valence-corrected chi connectivity index (χ2v) is 5.70. The van der Waals surface area contributed by atoms with Crippen LogP contribution in [0.3, 0.4) is 0 Å². The van der Waals surface area contributed by atoms with Crippen molar-refractivity contribution in [2.75, 3.05) is 13.7 Å². The Balaban J connectivity index is 2.05. The predicted molar refractivity (Wildman–Crippen MR) is 73.7 cm³/mol. The van der Waals surface area contributed by atoms with Crippen LogP contribution < -0.4 is 0 Å². The molecule has 0 spiro atoms. The number of rotatable bonds is 5. The first-order chi connectivity index (χ1) is 9.55. The van der Waals surface area contributed by atoms with Crippen LogP contribution in [0.5, 0.6) is 0 Å². The summed E-state index contributed by atoms with van der Waals surface area (Å²) in [5.74, 6) is -1.18. The van der Waals surface area contributed by atoms with E-state index in [2.05, 4.69) is 4.98 Å². The molecule has 1 aliphatic rings. The Bertz CT molecular complexity index is 502. The molecule has 1 amide bonds. The highest BCUT2D eigenvalue weighted by Crippen LogP contribution is 2.22. The van der Waals surface area contributed by atoms with Crippen molar-refractivity contribution in [3.8, 4) is 0 Å². The maximum absolute atomic E-state index is 12.3. The van der Waals surface area contributed by atoms with Crippen molar-refractivity contribution in [1.29, 1.82) is 0 Å². The highest BCUT2D eigenvalue weighted by Gasteiger charge is 2.39. The smallest absolute Gasteiger partial charge is 0.326 e. The standard InChI is InChI=1S/C13H18N2O4S/c1-3-11-14-8(7-20-11)4-12(16)15-6-9(19-2)5-10(15)13(17)18/h7,9-10H,3-6H2,1-2H3,(H,17,18). The molecule has 1 N–H and O–H groups in total. The van der Waals surface area contributed by atoms with E-state index in [4.69, 9.17) is 4.74 Å². The number of hydrogen-bond donors (Lipinski definition) is 1. The molecule has 2 atom stereocenters. The third kappa shape index (κ3) is 3.16. The maximum Gasteiger partial charge on any atom is 0.326 e. The molecule has 1 fully saturated rings. The number of aromatic nitrogens is 1. The number of carbonyl (C=O) groups excluding carboxylic acids is 1. The molecule has 1 aromatic rings. The van der Waals surface area contributed by atoms with E-state index in [1.165, 1.54) is 23.3 Å². The highest BCUT2D eigenvalue weighted by molar-refractivity contribution is 7.09. The van der Waals surface area contributed by atoms with Crippen LogP contribution in [0.1, 0.15) is 24.0 Å². The summed E-state index contributed by atoms with van der Waals surface area (Å²) in [6.45, 7) is 2.34. The fraction of sp³-hybridized carbons (Fsp3) is 0.615. The van der Waals surface area contributed by atoms with Gasteiger partial charge in [0, 0.05) is 25.5 Å². The minimum Gasteiger partial charge on any atom is -0.480 e. The zero-order valence-electron chi connectivity index (χ0n) is 11.5. The summed E-state index contributed by atoms with van der Waals surface area (Å²) in [5, 5.41) is 12.0. The van der Waals surface area contributed by atoms with Crippen molar-refractivity contribution in [3.63, 3.8) is 0 Å². The van der Waals surface area contributed by atoms with Crippen LogP contribution >= 0.6 is 11.3 Å². The first kappa shape index (κ1) is 14.9. The Labute approximate surface area is 121 Å². The minimum absolute atomic E-state index is 0.150. The highest BCUT2D eigenvalue weighted by atomic mass is 32.1. The molecule has 2 unspecified atom stereocenters. The zero-order chi connectivity index (χ0) is 14.7. The van der Waals surface area contributed by atoms with Gasteiger partial charge in [-0.2, -0.15) is 0 Å². The molecule has 2 heterocycles. The summed E-state index contributed by atoms with van der Waals surface area (Å²) >= 11 is 1.52. The third-order valence-corrected chi connectivity index (χ3v) is 4.48. The summed E-state index contributed by atoms with van der Waals surface area (Å²) < 4.78 is 5.17. The summed E-state index contributed by atoms with van der Waals surface area (Å²) in [5.41, 5.74) is 0.710. The number of carbonyl (C=O) groups is 2. The van der Waals surface area contributed by atoms with E-state index in [9.17, 15) is 14.7 Å². The molecule has 0 bridgehead atoms. The van der Waals surface area contributed by atoms with Crippen molar-refractivity contribution in [2.45, 2.75) is 38.3 Å². The molecule has 110 valence electrons.